The van der Waals surface area contributed by atoms with Crippen LogP contribution < -0.4 is 5.32 Å². The molecule has 26 heavy (non-hydrogen) atoms. The fraction of sp³-hybridized carbons (Fsp3) is 0.412. The minimum Gasteiger partial charge on any atom is -0.462 e. The molecule has 0 aromatic heterocycles. The number of halogens is 4. The van der Waals surface area contributed by atoms with Crippen molar-refractivity contribution in [3.63, 3.8) is 0 Å². The molecule has 0 heterocycles. The lowest BCUT2D eigenvalue weighted by Gasteiger charge is -2.16. The molecule has 1 aromatic rings. The molecule has 2 atom stereocenters. The van der Waals surface area contributed by atoms with E-state index >= 15 is 0 Å². The number of rotatable bonds is 6. The predicted octanol–water partition coefficient (Wildman–Crippen LogP) is 2.38. The van der Waals surface area contributed by atoms with Crippen molar-refractivity contribution < 1.29 is 37.0 Å². The van der Waals surface area contributed by atoms with Crippen LogP contribution in [0.2, 0.25) is 0 Å². The first kappa shape index (κ1) is 19.9. The van der Waals surface area contributed by atoms with Crippen molar-refractivity contribution in [1.82, 2.24) is 5.32 Å². The number of ketones is 1. The Labute approximate surface area is 146 Å². The lowest BCUT2D eigenvalue weighted by molar-refractivity contribution is -0.138. The van der Waals surface area contributed by atoms with E-state index in [2.05, 4.69) is 5.32 Å². The number of ether oxygens (including phenoxy) is 1. The minimum absolute atomic E-state index is 0.107. The van der Waals surface area contributed by atoms with Crippen molar-refractivity contribution >= 4 is 11.8 Å². The SMILES string of the molecule is CCOC(=O)C(=CNC1CCCC1O)C(=O)c1cc(F)c(F)c(F)c1F. The van der Waals surface area contributed by atoms with Gasteiger partial charge in [-0.05, 0) is 32.3 Å². The second-order valence-electron chi connectivity index (χ2n) is 5.73. The summed E-state index contributed by atoms with van der Waals surface area (Å²) in [6, 6.07) is -0.271. The van der Waals surface area contributed by atoms with Crippen LogP contribution in [0.15, 0.2) is 17.8 Å². The molecule has 1 aromatic carbocycles. The summed E-state index contributed by atoms with van der Waals surface area (Å²) in [6.45, 7) is 1.36. The fourth-order valence-corrected chi connectivity index (χ4v) is 2.63. The van der Waals surface area contributed by atoms with Gasteiger partial charge in [0.1, 0.15) is 5.57 Å². The maximum atomic E-state index is 13.9. The molecule has 0 radical (unpaired) electrons. The molecular formula is C17H17F4NO4. The number of carbonyl (C=O) groups is 2. The van der Waals surface area contributed by atoms with Crippen LogP contribution in [0.3, 0.4) is 0 Å². The average molecular weight is 375 g/mol. The second-order valence-corrected chi connectivity index (χ2v) is 5.73. The molecule has 2 unspecified atom stereocenters. The van der Waals surface area contributed by atoms with E-state index in [0.717, 1.165) is 12.6 Å². The van der Waals surface area contributed by atoms with Crippen LogP contribution in [0, 0.1) is 23.3 Å². The van der Waals surface area contributed by atoms with Crippen molar-refractivity contribution in [3.8, 4) is 0 Å². The van der Waals surface area contributed by atoms with E-state index in [-0.39, 0.29) is 12.7 Å². The summed E-state index contributed by atoms with van der Waals surface area (Å²) in [7, 11) is 0. The summed E-state index contributed by atoms with van der Waals surface area (Å²) in [5.41, 5.74) is -1.87. The lowest BCUT2D eigenvalue weighted by atomic mass is 10.0. The van der Waals surface area contributed by atoms with Crippen LogP contribution in [0.5, 0.6) is 0 Å². The Balaban J connectivity index is 2.39. The summed E-state index contributed by atoms with van der Waals surface area (Å²) in [4.78, 5) is 24.4. The third-order valence-corrected chi connectivity index (χ3v) is 4.01. The van der Waals surface area contributed by atoms with Crippen molar-refractivity contribution in [2.45, 2.75) is 38.3 Å². The largest absolute Gasteiger partial charge is 0.462 e. The molecule has 0 amide bonds. The molecule has 0 saturated heterocycles. The molecule has 0 spiro atoms. The first-order valence-electron chi connectivity index (χ1n) is 7.97. The Hall–Kier alpha value is -2.42. The smallest absolute Gasteiger partial charge is 0.343 e. The molecule has 142 valence electrons. The molecule has 1 aliphatic rings. The zero-order valence-corrected chi connectivity index (χ0v) is 13.8. The van der Waals surface area contributed by atoms with E-state index in [1.54, 1.807) is 0 Å². The summed E-state index contributed by atoms with van der Waals surface area (Å²) in [5, 5.41) is 12.4. The summed E-state index contributed by atoms with van der Waals surface area (Å²) >= 11 is 0. The van der Waals surface area contributed by atoms with Gasteiger partial charge in [0.05, 0.1) is 24.3 Å². The number of nitrogens with one attached hydrogen (secondary N) is 1. The van der Waals surface area contributed by atoms with Crippen molar-refractivity contribution in [2.75, 3.05) is 6.61 Å². The van der Waals surface area contributed by atoms with Crippen LogP contribution in [0.4, 0.5) is 17.6 Å². The molecule has 1 saturated carbocycles. The van der Waals surface area contributed by atoms with Gasteiger partial charge < -0.3 is 15.2 Å². The van der Waals surface area contributed by atoms with Gasteiger partial charge in [-0.2, -0.15) is 0 Å². The predicted molar refractivity (Wildman–Crippen MR) is 82.1 cm³/mol. The monoisotopic (exact) mass is 375 g/mol. The summed E-state index contributed by atoms with van der Waals surface area (Å²) in [5.74, 6) is -10.4. The van der Waals surface area contributed by atoms with Gasteiger partial charge in [0.2, 0.25) is 5.78 Å². The van der Waals surface area contributed by atoms with Gasteiger partial charge in [-0.1, -0.05) is 0 Å². The second kappa shape index (κ2) is 8.31. The quantitative estimate of drug-likeness (QED) is 0.117. The van der Waals surface area contributed by atoms with E-state index < -0.39 is 58.3 Å². The highest BCUT2D eigenvalue weighted by Crippen LogP contribution is 2.22. The molecule has 2 N–H and O–H groups in total. The molecule has 0 bridgehead atoms. The van der Waals surface area contributed by atoms with E-state index in [4.69, 9.17) is 4.74 Å². The molecule has 1 fully saturated rings. The van der Waals surface area contributed by atoms with Crippen molar-refractivity contribution in [3.05, 3.63) is 46.7 Å². The van der Waals surface area contributed by atoms with E-state index in [1.807, 2.05) is 0 Å². The highest BCUT2D eigenvalue weighted by atomic mass is 19.2. The average Bonchev–Trinajstić information content (AvgIpc) is 3.01. The lowest BCUT2D eigenvalue weighted by Crippen LogP contribution is -2.33. The Morgan fingerprint density at radius 2 is 1.92 bits per heavy atom. The Kier molecular flexibility index (Phi) is 6.36. The summed E-state index contributed by atoms with van der Waals surface area (Å²) in [6.07, 6.45) is 2.02. The standard InChI is InChI=1S/C17H17F4NO4/c1-2-26-17(25)9(7-22-11-4-3-5-12(11)23)16(24)8-6-10(18)14(20)15(21)13(8)19/h6-7,11-12,22-23H,2-5H2,1H3. The van der Waals surface area contributed by atoms with Gasteiger partial charge in [0, 0.05) is 6.20 Å². The first-order valence-corrected chi connectivity index (χ1v) is 7.97. The Morgan fingerprint density at radius 1 is 1.23 bits per heavy atom. The van der Waals surface area contributed by atoms with Gasteiger partial charge in [-0.3, -0.25) is 4.79 Å². The number of aliphatic hydroxyl groups excluding tert-OH is 1. The number of esters is 1. The van der Waals surface area contributed by atoms with Crippen LogP contribution in [-0.2, 0) is 9.53 Å². The number of Topliss-reactive ketones (excluding diaryl/α,β-unsaturated/α-hetero) is 1. The normalized spacial score (nSPS) is 20.2. The first-order chi connectivity index (χ1) is 12.3. The van der Waals surface area contributed by atoms with E-state index in [9.17, 15) is 32.3 Å². The number of hydrogen-bond donors (Lipinski definition) is 2. The molecule has 2 rings (SSSR count). The van der Waals surface area contributed by atoms with Crippen molar-refractivity contribution in [1.29, 1.82) is 0 Å². The number of benzene rings is 1. The molecule has 9 heteroatoms. The zero-order chi connectivity index (χ0) is 19.4. The maximum absolute atomic E-state index is 13.9. The van der Waals surface area contributed by atoms with Crippen LogP contribution in [0.25, 0.3) is 0 Å². The molecule has 1 aliphatic carbocycles. The van der Waals surface area contributed by atoms with Crippen LogP contribution in [-0.4, -0.2) is 35.6 Å². The Morgan fingerprint density at radius 3 is 2.50 bits per heavy atom. The Bertz CT molecular complexity index is 751. The topological polar surface area (TPSA) is 75.6 Å². The zero-order valence-electron chi connectivity index (χ0n) is 13.8. The van der Waals surface area contributed by atoms with E-state index in [0.29, 0.717) is 12.8 Å². The molecule has 0 aliphatic heterocycles. The third-order valence-electron chi connectivity index (χ3n) is 4.01. The van der Waals surface area contributed by atoms with Crippen molar-refractivity contribution in [2.24, 2.45) is 0 Å². The minimum atomic E-state index is -2.16. The summed E-state index contributed by atoms with van der Waals surface area (Å²) < 4.78 is 58.4. The van der Waals surface area contributed by atoms with Gasteiger partial charge in [0.15, 0.2) is 23.3 Å². The maximum Gasteiger partial charge on any atom is 0.343 e. The highest BCUT2D eigenvalue weighted by molar-refractivity contribution is 6.24. The number of hydrogen-bond acceptors (Lipinski definition) is 5. The van der Waals surface area contributed by atoms with Crippen LogP contribution >= 0.6 is 0 Å². The van der Waals surface area contributed by atoms with Gasteiger partial charge >= 0.3 is 5.97 Å². The van der Waals surface area contributed by atoms with Gasteiger partial charge in [-0.25, -0.2) is 22.4 Å². The van der Waals surface area contributed by atoms with Gasteiger partial charge in [-0.15, -0.1) is 0 Å². The molecular weight excluding hydrogens is 358 g/mol. The fourth-order valence-electron chi connectivity index (χ4n) is 2.63. The van der Waals surface area contributed by atoms with Crippen LogP contribution in [0.1, 0.15) is 36.5 Å². The highest BCUT2D eigenvalue weighted by Gasteiger charge is 2.30. The van der Waals surface area contributed by atoms with Gasteiger partial charge in [0.25, 0.3) is 0 Å². The number of aliphatic hydroxyl groups is 1. The molecule has 5 nitrogen and oxygen atoms in total. The number of carbonyl (C=O) groups excluding carboxylic acids is 2. The van der Waals surface area contributed by atoms with E-state index in [1.165, 1.54) is 6.92 Å². The third kappa shape index (κ3) is 4.04.